The van der Waals surface area contributed by atoms with Crippen LogP contribution in [0, 0.1) is 11.6 Å². The fourth-order valence-corrected chi connectivity index (χ4v) is 3.17. The van der Waals surface area contributed by atoms with Crippen LogP contribution in [-0.2, 0) is 6.42 Å². The molecule has 21 heavy (non-hydrogen) atoms. The lowest BCUT2D eigenvalue weighted by Gasteiger charge is -2.15. The van der Waals surface area contributed by atoms with E-state index in [1.165, 1.54) is 23.8 Å². The van der Waals surface area contributed by atoms with E-state index in [2.05, 4.69) is 18.3 Å². The lowest BCUT2D eigenvalue weighted by Crippen LogP contribution is -2.19. The standard InChI is InChI=1S/C18H19F2N/c1-2-11-21-17-10-9-12-13(17)5-3-6-14(12)18-15(19)7-4-8-16(18)20/h3-8,17,21H,2,9-11H2,1H3. The molecule has 0 heterocycles. The van der Waals surface area contributed by atoms with E-state index in [1.807, 2.05) is 12.1 Å². The Bertz CT molecular complexity index is 631. The molecular weight excluding hydrogens is 268 g/mol. The Hall–Kier alpha value is -1.74. The summed E-state index contributed by atoms with van der Waals surface area (Å²) in [5.74, 6) is -0.985. The highest BCUT2D eigenvalue weighted by Crippen LogP contribution is 2.39. The van der Waals surface area contributed by atoms with Crippen LogP contribution in [0.2, 0.25) is 0 Å². The van der Waals surface area contributed by atoms with Crippen molar-refractivity contribution in [1.29, 1.82) is 0 Å². The molecule has 0 saturated carbocycles. The first-order valence-electron chi connectivity index (χ1n) is 7.52. The van der Waals surface area contributed by atoms with Gasteiger partial charge >= 0.3 is 0 Å². The molecule has 2 aromatic rings. The van der Waals surface area contributed by atoms with Gasteiger partial charge in [0, 0.05) is 6.04 Å². The van der Waals surface area contributed by atoms with E-state index in [4.69, 9.17) is 0 Å². The van der Waals surface area contributed by atoms with Gasteiger partial charge in [0.15, 0.2) is 0 Å². The normalized spacial score (nSPS) is 17.0. The van der Waals surface area contributed by atoms with E-state index in [0.29, 0.717) is 11.6 Å². The Labute approximate surface area is 124 Å². The second-order valence-corrected chi connectivity index (χ2v) is 5.52. The molecule has 0 bridgehead atoms. The van der Waals surface area contributed by atoms with Crippen molar-refractivity contribution in [3.05, 3.63) is 59.2 Å². The molecule has 1 aliphatic carbocycles. The monoisotopic (exact) mass is 287 g/mol. The third kappa shape index (κ3) is 2.58. The summed E-state index contributed by atoms with van der Waals surface area (Å²) in [5.41, 5.74) is 3.06. The molecule has 1 unspecified atom stereocenters. The molecule has 3 rings (SSSR count). The fourth-order valence-electron chi connectivity index (χ4n) is 3.17. The van der Waals surface area contributed by atoms with Gasteiger partial charge in [0.25, 0.3) is 0 Å². The van der Waals surface area contributed by atoms with Crippen LogP contribution in [0.15, 0.2) is 36.4 Å². The quantitative estimate of drug-likeness (QED) is 0.865. The summed E-state index contributed by atoms with van der Waals surface area (Å²) in [5, 5.41) is 3.51. The van der Waals surface area contributed by atoms with E-state index in [-0.39, 0.29) is 5.56 Å². The summed E-state index contributed by atoms with van der Waals surface area (Å²) in [4.78, 5) is 0. The number of benzene rings is 2. The Morgan fingerprint density at radius 1 is 1.10 bits per heavy atom. The summed E-state index contributed by atoms with van der Waals surface area (Å²) in [6.45, 7) is 3.09. The van der Waals surface area contributed by atoms with Gasteiger partial charge in [-0.25, -0.2) is 8.78 Å². The van der Waals surface area contributed by atoms with Crippen LogP contribution in [0.25, 0.3) is 11.1 Å². The number of rotatable bonds is 4. The molecule has 0 saturated heterocycles. The van der Waals surface area contributed by atoms with Gasteiger partial charge in [-0.2, -0.15) is 0 Å². The molecule has 1 N–H and O–H groups in total. The van der Waals surface area contributed by atoms with Gasteiger partial charge in [0.2, 0.25) is 0 Å². The van der Waals surface area contributed by atoms with Crippen molar-refractivity contribution in [1.82, 2.24) is 5.32 Å². The van der Waals surface area contributed by atoms with Crippen molar-refractivity contribution in [2.75, 3.05) is 6.54 Å². The van der Waals surface area contributed by atoms with Gasteiger partial charge in [0.05, 0.1) is 5.56 Å². The summed E-state index contributed by atoms with van der Waals surface area (Å²) < 4.78 is 28.1. The Kier molecular flexibility index (Phi) is 4.02. The highest BCUT2D eigenvalue weighted by atomic mass is 19.1. The minimum atomic E-state index is -0.492. The van der Waals surface area contributed by atoms with E-state index in [0.717, 1.165) is 31.4 Å². The summed E-state index contributed by atoms with van der Waals surface area (Å²) in [7, 11) is 0. The van der Waals surface area contributed by atoms with Crippen molar-refractivity contribution < 1.29 is 8.78 Å². The maximum Gasteiger partial charge on any atom is 0.133 e. The molecular formula is C18H19F2N. The van der Waals surface area contributed by atoms with E-state index in [1.54, 1.807) is 0 Å². The smallest absolute Gasteiger partial charge is 0.133 e. The Balaban J connectivity index is 2.05. The minimum absolute atomic E-state index is 0.102. The summed E-state index contributed by atoms with van der Waals surface area (Å²) in [6.07, 6.45) is 2.93. The van der Waals surface area contributed by atoms with Gasteiger partial charge < -0.3 is 5.32 Å². The predicted molar refractivity (Wildman–Crippen MR) is 81.1 cm³/mol. The highest BCUT2D eigenvalue weighted by Gasteiger charge is 2.26. The van der Waals surface area contributed by atoms with E-state index in [9.17, 15) is 8.78 Å². The van der Waals surface area contributed by atoms with Gasteiger partial charge in [-0.3, -0.25) is 0 Å². The lowest BCUT2D eigenvalue weighted by atomic mass is 9.95. The number of hydrogen-bond acceptors (Lipinski definition) is 1. The van der Waals surface area contributed by atoms with Crippen LogP contribution in [0.4, 0.5) is 8.78 Å². The Morgan fingerprint density at radius 3 is 2.52 bits per heavy atom. The van der Waals surface area contributed by atoms with Crippen LogP contribution < -0.4 is 5.32 Å². The molecule has 1 atom stereocenters. The second kappa shape index (κ2) is 5.94. The zero-order valence-electron chi connectivity index (χ0n) is 12.1. The number of halogens is 2. The first-order valence-corrected chi connectivity index (χ1v) is 7.52. The largest absolute Gasteiger partial charge is 0.310 e. The van der Waals surface area contributed by atoms with Crippen molar-refractivity contribution in [3.8, 4) is 11.1 Å². The topological polar surface area (TPSA) is 12.0 Å². The zero-order chi connectivity index (χ0) is 14.8. The molecule has 3 heteroatoms. The molecule has 1 aliphatic rings. The van der Waals surface area contributed by atoms with Crippen LogP contribution in [0.5, 0.6) is 0 Å². The molecule has 0 aliphatic heterocycles. The zero-order valence-corrected chi connectivity index (χ0v) is 12.1. The maximum atomic E-state index is 14.0. The van der Waals surface area contributed by atoms with Crippen molar-refractivity contribution >= 4 is 0 Å². The maximum absolute atomic E-state index is 14.0. The first kappa shape index (κ1) is 14.2. The van der Waals surface area contributed by atoms with Gasteiger partial charge in [-0.1, -0.05) is 31.2 Å². The van der Waals surface area contributed by atoms with Gasteiger partial charge in [-0.15, -0.1) is 0 Å². The average molecular weight is 287 g/mol. The van der Waals surface area contributed by atoms with Crippen LogP contribution in [-0.4, -0.2) is 6.54 Å². The Morgan fingerprint density at radius 2 is 1.81 bits per heavy atom. The summed E-state index contributed by atoms with van der Waals surface area (Å²) in [6, 6.07) is 10.1. The lowest BCUT2D eigenvalue weighted by molar-refractivity contribution is 0.529. The van der Waals surface area contributed by atoms with Crippen LogP contribution >= 0.6 is 0 Å². The number of nitrogens with one attached hydrogen (secondary N) is 1. The third-order valence-electron chi connectivity index (χ3n) is 4.14. The summed E-state index contributed by atoms with van der Waals surface area (Å²) >= 11 is 0. The molecule has 0 amide bonds. The van der Waals surface area contributed by atoms with Crippen molar-refractivity contribution in [2.45, 2.75) is 32.2 Å². The minimum Gasteiger partial charge on any atom is -0.310 e. The molecule has 1 nitrogen and oxygen atoms in total. The van der Waals surface area contributed by atoms with Gasteiger partial charge in [-0.05, 0) is 54.6 Å². The number of fused-ring (bicyclic) bond motifs is 1. The second-order valence-electron chi connectivity index (χ2n) is 5.52. The number of hydrogen-bond donors (Lipinski definition) is 1. The molecule has 0 aromatic heterocycles. The molecule has 0 fully saturated rings. The third-order valence-corrected chi connectivity index (χ3v) is 4.14. The average Bonchev–Trinajstić information content (AvgIpc) is 2.89. The van der Waals surface area contributed by atoms with Crippen molar-refractivity contribution in [2.24, 2.45) is 0 Å². The van der Waals surface area contributed by atoms with Crippen LogP contribution in [0.3, 0.4) is 0 Å². The molecule has 110 valence electrons. The first-order chi connectivity index (χ1) is 10.2. The SMILES string of the molecule is CCCNC1CCc2c(-c3c(F)cccc3F)cccc21. The van der Waals surface area contributed by atoms with Gasteiger partial charge in [0.1, 0.15) is 11.6 Å². The molecule has 0 spiro atoms. The van der Waals surface area contributed by atoms with E-state index < -0.39 is 11.6 Å². The predicted octanol–water partition coefficient (Wildman–Crippen LogP) is 4.62. The molecule has 0 radical (unpaired) electrons. The van der Waals surface area contributed by atoms with E-state index >= 15 is 0 Å². The highest BCUT2D eigenvalue weighted by molar-refractivity contribution is 5.71. The fraction of sp³-hybridized carbons (Fsp3) is 0.333. The molecule has 2 aromatic carbocycles. The van der Waals surface area contributed by atoms with Crippen molar-refractivity contribution in [3.63, 3.8) is 0 Å². The van der Waals surface area contributed by atoms with Crippen LogP contribution in [0.1, 0.15) is 36.9 Å².